The number of hydrogen-bond acceptors (Lipinski definition) is 3. The van der Waals surface area contributed by atoms with Crippen molar-refractivity contribution in [3.8, 4) is 0 Å². The molecule has 106 valence electrons. The summed E-state index contributed by atoms with van der Waals surface area (Å²) in [6, 6.07) is 11.3. The van der Waals surface area contributed by atoms with Crippen LogP contribution in [-0.4, -0.2) is 24.1 Å². The minimum absolute atomic E-state index is 0.485. The van der Waals surface area contributed by atoms with E-state index in [0.717, 1.165) is 25.3 Å². The van der Waals surface area contributed by atoms with E-state index in [2.05, 4.69) is 54.4 Å². The van der Waals surface area contributed by atoms with Crippen LogP contribution in [0.3, 0.4) is 0 Å². The Morgan fingerprint density at radius 3 is 2.70 bits per heavy atom. The van der Waals surface area contributed by atoms with Crippen molar-refractivity contribution >= 4 is 16.6 Å². The highest BCUT2D eigenvalue weighted by molar-refractivity contribution is 5.92. The molecule has 1 aromatic carbocycles. The van der Waals surface area contributed by atoms with Gasteiger partial charge >= 0.3 is 0 Å². The van der Waals surface area contributed by atoms with Crippen molar-refractivity contribution in [2.24, 2.45) is 0 Å². The first-order valence-electron chi connectivity index (χ1n) is 7.61. The van der Waals surface area contributed by atoms with Crippen LogP contribution < -0.4 is 10.2 Å². The summed E-state index contributed by atoms with van der Waals surface area (Å²) < 4.78 is 0. The highest BCUT2D eigenvalue weighted by Gasteiger charge is 2.17. The lowest BCUT2D eigenvalue weighted by molar-refractivity contribution is 0.582. The van der Waals surface area contributed by atoms with Gasteiger partial charge in [0.05, 0.1) is 5.69 Å². The predicted octanol–water partition coefficient (Wildman–Crippen LogP) is 3.33. The molecule has 0 amide bonds. The maximum atomic E-state index is 4.92. The summed E-state index contributed by atoms with van der Waals surface area (Å²) in [6.07, 6.45) is 2.56. The number of nitrogens with one attached hydrogen (secondary N) is 1. The van der Waals surface area contributed by atoms with Crippen LogP contribution in [0, 0.1) is 0 Å². The zero-order valence-corrected chi connectivity index (χ0v) is 12.4. The Kier molecular flexibility index (Phi) is 3.88. The lowest BCUT2D eigenvalue weighted by Gasteiger charge is -2.20. The van der Waals surface area contributed by atoms with E-state index < -0.39 is 0 Å². The molecule has 0 spiro atoms. The van der Waals surface area contributed by atoms with Gasteiger partial charge < -0.3 is 10.2 Å². The maximum Gasteiger partial charge on any atom is 0.136 e. The van der Waals surface area contributed by atoms with Crippen LogP contribution in [0.25, 0.3) is 10.8 Å². The zero-order chi connectivity index (χ0) is 13.9. The Hall–Kier alpha value is -1.61. The van der Waals surface area contributed by atoms with Gasteiger partial charge in [-0.15, -0.1) is 0 Å². The molecule has 1 aromatic heterocycles. The Labute approximate surface area is 121 Å². The molecule has 3 nitrogen and oxygen atoms in total. The number of fused-ring (bicyclic) bond motifs is 1. The smallest absolute Gasteiger partial charge is 0.136 e. The molecular formula is C17H23N3. The average molecular weight is 269 g/mol. The van der Waals surface area contributed by atoms with Gasteiger partial charge in [0.2, 0.25) is 0 Å². The van der Waals surface area contributed by atoms with Crippen LogP contribution in [0.2, 0.25) is 0 Å². The number of nitrogens with zero attached hydrogens (tertiary/aromatic N) is 2. The van der Waals surface area contributed by atoms with E-state index in [9.17, 15) is 0 Å². The molecule has 1 aliphatic heterocycles. The first-order valence-corrected chi connectivity index (χ1v) is 7.61. The van der Waals surface area contributed by atoms with E-state index >= 15 is 0 Å². The van der Waals surface area contributed by atoms with Crippen LogP contribution in [-0.2, 0) is 6.54 Å². The monoisotopic (exact) mass is 269 g/mol. The number of rotatable bonds is 4. The predicted molar refractivity (Wildman–Crippen MR) is 85.2 cm³/mol. The summed E-state index contributed by atoms with van der Waals surface area (Å²) in [5.74, 6) is 1.17. The molecule has 1 fully saturated rings. The van der Waals surface area contributed by atoms with Gasteiger partial charge in [-0.05, 0) is 24.3 Å². The van der Waals surface area contributed by atoms with Crippen molar-refractivity contribution in [1.29, 1.82) is 0 Å². The van der Waals surface area contributed by atoms with E-state index in [4.69, 9.17) is 4.98 Å². The SMILES string of the molecule is CC(C)NCc1cc2ccccc2c(N2CCCC2)n1. The Morgan fingerprint density at radius 2 is 1.95 bits per heavy atom. The minimum Gasteiger partial charge on any atom is -0.356 e. The fourth-order valence-corrected chi connectivity index (χ4v) is 2.80. The molecule has 3 rings (SSSR count). The Morgan fingerprint density at radius 1 is 1.20 bits per heavy atom. The van der Waals surface area contributed by atoms with Gasteiger partial charge in [0.1, 0.15) is 5.82 Å². The van der Waals surface area contributed by atoms with E-state index in [1.165, 1.54) is 29.4 Å². The summed E-state index contributed by atoms with van der Waals surface area (Å²) in [7, 11) is 0. The second-order valence-corrected chi connectivity index (χ2v) is 5.89. The molecule has 2 heterocycles. The molecular weight excluding hydrogens is 246 g/mol. The molecule has 0 saturated carbocycles. The van der Waals surface area contributed by atoms with Crippen LogP contribution in [0.15, 0.2) is 30.3 Å². The maximum absolute atomic E-state index is 4.92. The molecule has 1 saturated heterocycles. The zero-order valence-electron chi connectivity index (χ0n) is 12.4. The lowest BCUT2D eigenvalue weighted by Crippen LogP contribution is -2.24. The molecule has 0 atom stereocenters. The molecule has 1 N–H and O–H groups in total. The van der Waals surface area contributed by atoms with Gasteiger partial charge in [-0.25, -0.2) is 4.98 Å². The van der Waals surface area contributed by atoms with E-state index in [0.29, 0.717) is 6.04 Å². The van der Waals surface area contributed by atoms with Crippen LogP contribution >= 0.6 is 0 Å². The lowest BCUT2D eigenvalue weighted by atomic mass is 10.1. The van der Waals surface area contributed by atoms with Crippen molar-refractivity contribution < 1.29 is 0 Å². The number of aromatic nitrogens is 1. The second kappa shape index (κ2) is 5.80. The number of hydrogen-bond donors (Lipinski definition) is 1. The third kappa shape index (κ3) is 2.78. The minimum atomic E-state index is 0.485. The normalized spacial score (nSPS) is 15.4. The summed E-state index contributed by atoms with van der Waals surface area (Å²) >= 11 is 0. The topological polar surface area (TPSA) is 28.2 Å². The molecule has 3 heteroatoms. The van der Waals surface area contributed by atoms with Gasteiger partial charge in [-0.1, -0.05) is 38.1 Å². The highest BCUT2D eigenvalue weighted by Crippen LogP contribution is 2.28. The van der Waals surface area contributed by atoms with Gasteiger partial charge in [-0.2, -0.15) is 0 Å². The third-order valence-corrected chi connectivity index (χ3v) is 3.87. The average Bonchev–Trinajstić information content (AvgIpc) is 2.98. The van der Waals surface area contributed by atoms with Gasteiger partial charge in [0, 0.05) is 31.1 Å². The van der Waals surface area contributed by atoms with E-state index in [-0.39, 0.29) is 0 Å². The molecule has 0 aliphatic carbocycles. The Bertz CT molecular complexity index is 586. The number of anilines is 1. The van der Waals surface area contributed by atoms with Crippen LogP contribution in [0.5, 0.6) is 0 Å². The first-order chi connectivity index (χ1) is 9.74. The van der Waals surface area contributed by atoms with Crippen molar-refractivity contribution in [3.05, 3.63) is 36.0 Å². The molecule has 20 heavy (non-hydrogen) atoms. The molecule has 0 unspecified atom stereocenters. The van der Waals surface area contributed by atoms with Crippen molar-refractivity contribution in [2.75, 3.05) is 18.0 Å². The molecule has 0 radical (unpaired) electrons. The summed E-state index contributed by atoms with van der Waals surface area (Å²) in [5.41, 5.74) is 1.14. The Balaban J connectivity index is 2.00. The summed E-state index contributed by atoms with van der Waals surface area (Å²) in [5, 5.41) is 6.04. The van der Waals surface area contributed by atoms with Crippen molar-refractivity contribution in [2.45, 2.75) is 39.3 Å². The molecule has 0 bridgehead atoms. The van der Waals surface area contributed by atoms with Crippen molar-refractivity contribution in [1.82, 2.24) is 10.3 Å². The first kappa shape index (κ1) is 13.4. The molecule has 2 aromatic rings. The third-order valence-electron chi connectivity index (χ3n) is 3.87. The largest absolute Gasteiger partial charge is 0.356 e. The van der Waals surface area contributed by atoms with E-state index in [1.807, 2.05) is 0 Å². The van der Waals surface area contributed by atoms with Gasteiger partial charge in [0.25, 0.3) is 0 Å². The quantitative estimate of drug-likeness (QED) is 0.922. The van der Waals surface area contributed by atoms with Crippen molar-refractivity contribution in [3.63, 3.8) is 0 Å². The van der Waals surface area contributed by atoms with Crippen LogP contribution in [0.1, 0.15) is 32.4 Å². The fraction of sp³-hybridized carbons (Fsp3) is 0.471. The molecule has 1 aliphatic rings. The second-order valence-electron chi connectivity index (χ2n) is 5.89. The van der Waals surface area contributed by atoms with Crippen LogP contribution in [0.4, 0.5) is 5.82 Å². The number of benzene rings is 1. The van der Waals surface area contributed by atoms with Gasteiger partial charge in [0.15, 0.2) is 0 Å². The summed E-state index contributed by atoms with van der Waals surface area (Å²) in [4.78, 5) is 7.35. The summed E-state index contributed by atoms with van der Waals surface area (Å²) in [6.45, 7) is 7.45. The van der Waals surface area contributed by atoms with E-state index in [1.54, 1.807) is 0 Å². The highest BCUT2D eigenvalue weighted by atomic mass is 15.2. The fourth-order valence-electron chi connectivity index (χ4n) is 2.80. The standard InChI is InChI=1S/C17H23N3/c1-13(2)18-12-15-11-14-7-3-4-8-16(14)17(19-15)20-9-5-6-10-20/h3-4,7-8,11,13,18H,5-6,9-10,12H2,1-2H3. The van der Waals surface area contributed by atoms with Gasteiger partial charge in [-0.3, -0.25) is 0 Å². The number of pyridine rings is 1.